The van der Waals surface area contributed by atoms with Crippen molar-refractivity contribution in [2.24, 2.45) is 11.5 Å². The second-order valence-electron chi connectivity index (χ2n) is 8.84. The standard InChI is InChI=1S/C26H38N4O2.C2HF3O2/c27-18-8-7-15-24(26(32)29-20-9-14-22-10-3-1-4-11-22)30(25(31)16-19-28)21-17-23-12-5-2-6-13-23;3-2(4,5)1(6)7/h1-6,10-13,24H,7-9,14-21,27-28H2,(H,29,32);(H,6,7)/t24-;/m0./s1. The van der Waals surface area contributed by atoms with Crippen molar-refractivity contribution in [3.63, 3.8) is 0 Å². The summed E-state index contributed by atoms with van der Waals surface area (Å²) in [7, 11) is 0. The number of hydrogen-bond donors (Lipinski definition) is 4. The van der Waals surface area contributed by atoms with E-state index in [0.29, 0.717) is 32.5 Å². The summed E-state index contributed by atoms with van der Waals surface area (Å²) in [4.78, 5) is 36.7. The van der Waals surface area contributed by atoms with Gasteiger partial charge in [-0.05, 0) is 56.2 Å². The van der Waals surface area contributed by atoms with Crippen LogP contribution in [-0.2, 0) is 27.2 Å². The van der Waals surface area contributed by atoms with Gasteiger partial charge < -0.3 is 26.8 Å². The van der Waals surface area contributed by atoms with Crippen LogP contribution >= 0.6 is 0 Å². The van der Waals surface area contributed by atoms with E-state index in [1.807, 2.05) is 48.5 Å². The molecule has 2 aromatic carbocycles. The highest BCUT2D eigenvalue weighted by Gasteiger charge is 2.38. The van der Waals surface area contributed by atoms with E-state index < -0.39 is 18.2 Å². The average Bonchev–Trinajstić information content (AvgIpc) is 2.91. The van der Waals surface area contributed by atoms with Gasteiger partial charge in [-0.25, -0.2) is 4.79 Å². The maximum absolute atomic E-state index is 13.1. The number of hydrogen-bond acceptors (Lipinski definition) is 5. The van der Waals surface area contributed by atoms with Crippen LogP contribution in [0.2, 0.25) is 0 Å². The minimum atomic E-state index is -5.08. The zero-order valence-corrected chi connectivity index (χ0v) is 22.0. The Kier molecular flexibility index (Phi) is 16.1. The van der Waals surface area contributed by atoms with Gasteiger partial charge in [0, 0.05) is 26.1 Å². The summed E-state index contributed by atoms with van der Waals surface area (Å²) in [5.74, 6) is -2.92. The third kappa shape index (κ3) is 14.3. The molecule has 216 valence electrons. The fourth-order valence-electron chi connectivity index (χ4n) is 3.79. The van der Waals surface area contributed by atoms with Gasteiger partial charge in [-0.3, -0.25) is 9.59 Å². The van der Waals surface area contributed by atoms with Crippen molar-refractivity contribution >= 4 is 17.8 Å². The second-order valence-corrected chi connectivity index (χ2v) is 8.84. The summed E-state index contributed by atoms with van der Waals surface area (Å²) >= 11 is 0. The number of benzene rings is 2. The number of carboxylic acid groups (broad SMARTS) is 1. The molecular weight excluding hydrogens is 513 g/mol. The molecule has 8 nitrogen and oxygen atoms in total. The smallest absolute Gasteiger partial charge is 0.475 e. The van der Waals surface area contributed by atoms with Crippen molar-refractivity contribution in [1.29, 1.82) is 0 Å². The fourth-order valence-corrected chi connectivity index (χ4v) is 3.79. The lowest BCUT2D eigenvalue weighted by atomic mass is 10.0. The monoisotopic (exact) mass is 552 g/mol. The topological polar surface area (TPSA) is 139 Å². The fraction of sp³-hybridized carbons (Fsp3) is 0.464. The van der Waals surface area contributed by atoms with Crippen LogP contribution < -0.4 is 16.8 Å². The molecule has 0 aliphatic carbocycles. The van der Waals surface area contributed by atoms with Gasteiger partial charge in [0.1, 0.15) is 6.04 Å². The van der Waals surface area contributed by atoms with E-state index in [1.165, 1.54) is 5.56 Å². The van der Waals surface area contributed by atoms with Crippen molar-refractivity contribution in [2.45, 2.75) is 57.2 Å². The molecule has 0 spiro atoms. The van der Waals surface area contributed by atoms with Crippen molar-refractivity contribution in [2.75, 3.05) is 26.2 Å². The molecule has 0 fully saturated rings. The van der Waals surface area contributed by atoms with Crippen LogP contribution in [0.1, 0.15) is 43.2 Å². The zero-order valence-electron chi connectivity index (χ0n) is 22.0. The molecule has 11 heteroatoms. The Bertz CT molecular complexity index is 976. The molecular formula is C28H39F3N4O4. The van der Waals surface area contributed by atoms with Gasteiger partial charge in [-0.2, -0.15) is 13.2 Å². The van der Waals surface area contributed by atoms with Crippen molar-refractivity contribution in [1.82, 2.24) is 10.2 Å². The lowest BCUT2D eigenvalue weighted by Crippen LogP contribution is -2.51. The predicted octanol–water partition coefficient (Wildman–Crippen LogP) is 3.29. The summed E-state index contributed by atoms with van der Waals surface area (Å²) in [6.07, 6.45) is -0.150. The molecule has 0 bridgehead atoms. The molecule has 0 aliphatic rings. The van der Waals surface area contributed by atoms with E-state index in [0.717, 1.165) is 31.2 Å². The average molecular weight is 553 g/mol. The number of nitrogens with zero attached hydrogens (tertiary/aromatic N) is 1. The molecule has 39 heavy (non-hydrogen) atoms. The van der Waals surface area contributed by atoms with Gasteiger partial charge in [0.05, 0.1) is 0 Å². The van der Waals surface area contributed by atoms with Crippen LogP contribution in [0.3, 0.4) is 0 Å². The number of aryl methyl sites for hydroxylation is 1. The van der Waals surface area contributed by atoms with Gasteiger partial charge in [0.2, 0.25) is 11.8 Å². The molecule has 1 atom stereocenters. The molecule has 0 aliphatic heterocycles. The van der Waals surface area contributed by atoms with Gasteiger partial charge >= 0.3 is 12.1 Å². The molecule has 0 saturated carbocycles. The van der Waals surface area contributed by atoms with Crippen LogP contribution in [0.25, 0.3) is 0 Å². The predicted molar refractivity (Wildman–Crippen MR) is 144 cm³/mol. The third-order valence-electron chi connectivity index (χ3n) is 5.80. The van der Waals surface area contributed by atoms with Crippen LogP contribution in [-0.4, -0.2) is 66.2 Å². The number of nitrogens with one attached hydrogen (secondary N) is 1. The zero-order chi connectivity index (χ0) is 29.1. The summed E-state index contributed by atoms with van der Waals surface area (Å²) < 4.78 is 31.7. The summed E-state index contributed by atoms with van der Waals surface area (Å²) in [5, 5.41) is 10.2. The van der Waals surface area contributed by atoms with Crippen LogP contribution in [0.15, 0.2) is 60.7 Å². The second kappa shape index (κ2) is 18.8. The highest BCUT2D eigenvalue weighted by molar-refractivity contribution is 5.87. The maximum Gasteiger partial charge on any atom is 0.490 e. The molecule has 0 heterocycles. The highest BCUT2D eigenvalue weighted by atomic mass is 19.4. The largest absolute Gasteiger partial charge is 0.490 e. The Morgan fingerprint density at radius 3 is 1.87 bits per heavy atom. The minimum Gasteiger partial charge on any atom is -0.475 e. The number of carbonyl (C=O) groups excluding carboxylic acids is 2. The first-order valence-corrected chi connectivity index (χ1v) is 12.9. The number of carboxylic acids is 1. The summed E-state index contributed by atoms with van der Waals surface area (Å²) in [6, 6.07) is 19.8. The quantitative estimate of drug-likeness (QED) is 0.250. The first kappa shape index (κ1) is 33.6. The van der Waals surface area contributed by atoms with Gasteiger partial charge in [-0.1, -0.05) is 60.7 Å². The van der Waals surface area contributed by atoms with E-state index in [-0.39, 0.29) is 24.8 Å². The Labute approximate surface area is 227 Å². The lowest BCUT2D eigenvalue weighted by Gasteiger charge is -2.31. The molecule has 0 saturated heterocycles. The first-order valence-electron chi connectivity index (χ1n) is 12.9. The van der Waals surface area contributed by atoms with Crippen LogP contribution in [0.5, 0.6) is 0 Å². The molecule has 2 aromatic rings. The van der Waals surface area contributed by atoms with Crippen molar-refractivity contribution in [3.05, 3.63) is 71.8 Å². The Morgan fingerprint density at radius 1 is 0.846 bits per heavy atom. The molecule has 2 amide bonds. The summed E-state index contributed by atoms with van der Waals surface area (Å²) in [6.45, 7) is 1.92. The highest BCUT2D eigenvalue weighted by Crippen LogP contribution is 2.14. The van der Waals surface area contributed by atoms with Gasteiger partial charge in [-0.15, -0.1) is 0 Å². The SMILES string of the molecule is NCCCC[C@@H](C(=O)NCCCc1ccccc1)N(CCc1ccccc1)C(=O)CCN.O=C(O)C(F)(F)F. The number of aliphatic carboxylic acids is 1. The Morgan fingerprint density at radius 2 is 1.38 bits per heavy atom. The maximum atomic E-state index is 13.1. The molecule has 6 N–H and O–H groups in total. The number of unbranched alkanes of at least 4 members (excludes halogenated alkanes) is 1. The number of carbonyl (C=O) groups is 3. The van der Waals surface area contributed by atoms with Gasteiger partial charge in [0.25, 0.3) is 0 Å². The normalized spacial score (nSPS) is 11.6. The molecule has 0 aromatic heterocycles. The van der Waals surface area contributed by atoms with Crippen LogP contribution in [0.4, 0.5) is 13.2 Å². The lowest BCUT2D eigenvalue weighted by molar-refractivity contribution is -0.192. The van der Waals surface area contributed by atoms with E-state index >= 15 is 0 Å². The molecule has 0 unspecified atom stereocenters. The van der Waals surface area contributed by atoms with Crippen molar-refractivity contribution in [3.8, 4) is 0 Å². The third-order valence-corrected chi connectivity index (χ3v) is 5.80. The van der Waals surface area contributed by atoms with Crippen molar-refractivity contribution < 1.29 is 32.7 Å². The van der Waals surface area contributed by atoms with E-state index in [4.69, 9.17) is 21.4 Å². The minimum absolute atomic E-state index is 0.0689. The van der Waals surface area contributed by atoms with Gasteiger partial charge in [0.15, 0.2) is 0 Å². The molecule has 2 rings (SSSR count). The number of alkyl halides is 3. The first-order chi connectivity index (χ1) is 18.6. The van der Waals surface area contributed by atoms with E-state index in [9.17, 15) is 22.8 Å². The number of rotatable bonds is 15. The number of nitrogens with two attached hydrogens (primary N) is 2. The number of amides is 2. The summed E-state index contributed by atoms with van der Waals surface area (Å²) in [5.41, 5.74) is 13.7. The Hall–Kier alpha value is -3.44. The number of halogens is 3. The van der Waals surface area contributed by atoms with Crippen LogP contribution in [0, 0.1) is 0 Å². The Balaban J connectivity index is 0.000000956. The molecule has 0 radical (unpaired) electrons. The van der Waals surface area contributed by atoms with E-state index in [2.05, 4.69) is 17.4 Å². The van der Waals surface area contributed by atoms with E-state index in [1.54, 1.807) is 4.90 Å².